The molecule has 49 heavy (non-hydrogen) atoms. The molecule has 0 radical (unpaired) electrons. The summed E-state index contributed by atoms with van der Waals surface area (Å²) in [5.41, 5.74) is -2.03. The molecule has 1 aliphatic rings. The highest BCUT2D eigenvalue weighted by atomic mass is 31.3. The van der Waals surface area contributed by atoms with Crippen LogP contribution >= 0.6 is 31.3 Å². The van der Waals surface area contributed by atoms with E-state index in [1.165, 1.54) is 6.92 Å². The number of hydrogen-bond acceptors (Lipinski definition) is 16. The fourth-order valence-electron chi connectivity index (χ4n) is 4.55. The molecule has 0 saturated carbocycles. The number of anilines is 1. The van der Waals surface area contributed by atoms with Gasteiger partial charge in [-0.25, -0.2) is 33.2 Å². The highest BCUT2D eigenvalue weighted by molar-refractivity contribution is 7.69. The first-order chi connectivity index (χ1) is 22.7. The normalized spacial score (nSPS) is 23.2. The molecule has 268 valence electrons. The van der Waals surface area contributed by atoms with Gasteiger partial charge >= 0.3 is 37.3 Å². The van der Waals surface area contributed by atoms with Crippen LogP contribution in [0.3, 0.4) is 0 Å². The van der Waals surface area contributed by atoms with Crippen molar-refractivity contribution in [3.8, 4) is 0 Å². The van der Waals surface area contributed by atoms with E-state index < -0.39 is 79.9 Å². The number of amides is 1. The molecule has 6 N–H and O–H groups in total. The van der Waals surface area contributed by atoms with Crippen molar-refractivity contribution in [2.24, 2.45) is 0 Å². The summed E-state index contributed by atoms with van der Waals surface area (Å²) in [6, 6.07) is 8.06. The number of phosphoric acid groups is 4. The van der Waals surface area contributed by atoms with E-state index in [9.17, 15) is 47.3 Å². The lowest BCUT2D eigenvalue weighted by atomic mass is 10.00. The van der Waals surface area contributed by atoms with Crippen molar-refractivity contribution < 1.29 is 84.0 Å². The summed E-state index contributed by atoms with van der Waals surface area (Å²) in [6.45, 7) is 1.72. The molecule has 23 nitrogen and oxygen atoms in total. The van der Waals surface area contributed by atoms with Crippen molar-refractivity contribution in [3.63, 3.8) is 0 Å². The molecular formula is C22H27N5O18P4. The number of rotatable bonds is 15. The van der Waals surface area contributed by atoms with Crippen molar-refractivity contribution in [1.29, 1.82) is 0 Å². The van der Waals surface area contributed by atoms with Crippen molar-refractivity contribution in [1.82, 2.24) is 19.5 Å². The minimum absolute atomic E-state index is 0.0277. The van der Waals surface area contributed by atoms with E-state index >= 15 is 0 Å². The van der Waals surface area contributed by atoms with Gasteiger partial charge in [-0.1, -0.05) is 25.1 Å². The highest BCUT2D eigenvalue weighted by Gasteiger charge is 2.56. The van der Waals surface area contributed by atoms with Crippen molar-refractivity contribution in [3.05, 3.63) is 48.5 Å². The Hall–Kier alpha value is -3.10. The SMILES string of the molecule is CCC(=O)[C@]1(n2cnc3c(NC(=O)c4ccccc4)ncnc32)C[C@H](OP(=O)(O)OP(=O)(O)OP(=O)(O)OP(=O)(O)O)[C@@H](COC(C)=O)O1. The van der Waals surface area contributed by atoms with E-state index in [1.807, 2.05) is 0 Å². The van der Waals surface area contributed by atoms with Crippen LogP contribution in [-0.2, 0) is 60.5 Å². The van der Waals surface area contributed by atoms with E-state index in [2.05, 4.69) is 33.2 Å². The van der Waals surface area contributed by atoms with Gasteiger partial charge in [0.1, 0.15) is 25.1 Å². The number of Topliss-reactive ketones (excluding diaryl/α,β-unsaturated/α-hetero) is 1. The van der Waals surface area contributed by atoms with Crippen molar-refractivity contribution in [2.75, 3.05) is 11.9 Å². The molecule has 1 aliphatic heterocycles. The maximum absolute atomic E-state index is 13.6. The summed E-state index contributed by atoms with van der Waals surface area (Å²) in [5, 5.41) is 2.58. The molecule has 3 aromatic rings. The molecule has 27 heteroatoms. The van der Waals surface area contributed by atoms with Crippen LogP contribution in [0.25, 0.3) is 11.2 Å². The fraction of sp³-hybridized carbons (Fsp3) is 0.364. The summed E-state index contributed by atoms with van der Waals surface area (Å²) in [5.74, 6) is -2.20. The first-order valence-corrected chi connectivity index (χ1v) is 19.4. The van der Waals surface area contributed by atoms with Crippen molar-refractivity contribution in [2.45, 2.75) is 44.6 Å². The summed E-state index contributed by atoms with van der Waals surface area (Å²) in [6.07, 6.45) is -2.24. The standard InChI is InChI=1S/C22H27N5O18P4/c1-3-17(29)22(27-12-25-18-19(23-11-24-20(18)27)26-21(30)14-7-5-4-6-8-14)9-15(16(41-22)10-40-13(2)28)42-47(34,35)44-49(38,39)45-48(36,37)43-46(31,32)33/h4-8,11-12,15-16H,3,9-10H2,1-2H3,(H,34,35)(H,36,37)(H,38,39)(H2,31,32,33)(H,23,24,26,30)/t15-,16+,22-/m0/s1. The number of nitrogens with zero attached hydrogens (tertiary/aromatic N) is 4. The van der Waals surface area contributed by atoms with Gasteiger partial charge in [-0.05, 0) is 12.1 Å². The predicted molar refractivity (Wildman–Crippen MR) is 159 cm³/mol. The van der Waals surface area contributed by atoms with Crippen LogP contribution in [0, 0.1) is 0 Å². The van der Waals surface area contributed by atoms with Gasteiger partial charge in [0.05, 0.1) is 6.33 Å². The van der Waals surface area contributed by atoms with Crippen LogP contribution in [0.1, 0.15) is 37.0 Å². The minimum atomic E-state index is -6.19. The average molecular weight is 773 g/mol. The number of nitrogens with one attached hydrogen (secondary N) is 1. The van der Waals surface area contributed by atoms with Gasteiger partial charge < -0.3 is 39.3 Å². The molecule has 6 atom stereocenters. The Morgan fingerprint density at radius 1 is 0.959 bits per heavy atom. The number of imidazole rings is 1. The van der Waals surface area contributed by atoms with Crippen LogP contribution in [0.15, 0.2) is 43.0 Å². The number of benzene rings is 1. The first-order valence-electron chi connectivity index (χ1n) is 13.4. The fourth-order valence-corrected chi connectivity index (χ4v) is 9.19. The Labute approximate surface area is 274 Å². The quantitative estimate of drug-likeness (QED) is 0.0948. The lowest BCUT2D eigenvalue weighted by molar-refractivity contribution is -0.165. The number of hydrogen-bond donors (Lipinski definition) is 6. The molecule has 1 aromatic carbocycles. The zero-order valence-corrected chi connectivity index (χ0v) is 28.5. The highest BCUT2D eigenvalue weighted by Crippen LogP contribution is 2.71. The Balaban J connectivity index is 1.68. The third kappa shape index (κ3) is 9.78. The van der Waals surface area contributed by atoms with Crippen LogP contribution in [-0.4, -0.2) is 80.5 Å². The van der Waals surface area contributed by atoms with Gasteiger partial charge in [-0.2, -0.15) is 12.9 Å². The number of aromatic nitrogens is 4. The molecule has 3 unspecified atom stereocenters. The number of ether oxygens (including phenoxy) is 2. The lowest BCUT2D eigenvalue weighted by Gasteiger charge is -2.29. The molecule has 2 aromatic heterocycles. The van der Waals surface area contributed by atoms with E-state index in [0.29, 0.717) is 0 Å². The van der Waals surface area contributed by atoms with Gasteiger partial charge in [-0.3, -0.25) is 23.5 Å². The molecule has 1 saturated heterocycles. The Morgan fingerprint density at radius 3 is 2.20 bits per heavy atom. The number of ketones is 1. The molecule has 3 heterocycles. The number of esters is 1. The molecule has 1 fully saturated rings. The van der Waals surface area contributed by atoms with E-state index in [0.717, 1.165) is 24.1 Å². The molecule has 0 spiro atoms. The number of carbonyl (C=O) groups is 3. The van der Waals surface area contributed by atoms with Crippen LogP contribution in [0.5, 0.6) is 0 Å². The smallest absolute Gasteiger partial charge is 0.463 e. The minimum Gasteiger partial charge on any atom is -0.463 e. The van der Waals surface area contributed by atoms with Crippen molar-refractivity contribution >= 4 is 65.9 Å². The van der Waals surface area contributed by atoms with Gasteiger partial charge in [0.2, 0.25) is 5.72 Å². The van der Waals surface area contributed by atoms with E-state index in [4.69, 9.17) is 23.8 Å². The number of fused-ring (bicyclic) bond motifs is 1. The zero-order valence-electron chi connectivity index (χ0n) is 24.9. The molecule has 0 aliphatic carbocycles. The average Bonchev–Trinajstić information content (AvgIpc) is 3.56. The second-order valence-corrected chi connectivity index (χ2v) is 15.8. The topological polar surface area (TPSA) is 332 Å². The third-order valence-corrected chi connectivity index (χ3v) is 11.8. The largest absolute Gasteiger partial charge is 0.490 e. The summed E-state index contributed by atoms with van der Waals surface area (Å²) < 4.78 is 75.7. The molecule has 1 amide bonds. The molecule has 0 bridgehead atoms. The summed E-state index contributed by atoms with van der Waals surface area (Å²) in [4.78, 5) is 97.2. The second kappa shape index (κ2) is 14.6. The monoisotopic (exact) mass is 773 g/mol. The third-order valence-electron chi connectivity index (χ3n) is 6.33. The maximum atomic E-state index is 13.6. The maximum Gasteiger partial charge on any atom is 0.490 e. The Kier molecular flexibility index (Phi) is 11.6. The predicted octanol–water partition coefficient (Wildman–Crippen LogP) is 1.89. The second-order valence-electron chi connectivity index (χ2n) is 9.84. The number of phosphoric ester groups is 1. The molecule has 4 rings (SSSR count). The van der Waals surface area contributed by atoms with E-state index in [-0.39, 0.29) is 29.0 Å². The zero-order chi connectivity index (χ0) is 36.4. The molecular weight excluding hydrogens is 746 g/mol. The number of carbonyl (C=O) groups excluding carboxylic acids is 3. The lowest BCUT2D eigenvalue weighted by Crippen LogP contribution is -2.42. The Bertz CT molecular complexity index is 1940. The Morgan fingerprint density at radius 2 is 1.59 bits per heavy atom. The summed E-state index contributed by atoms with van der Waals surface area (Å²) >= 11 is 0. The first kappa shape index (κ1) is 38.7. The van der Waals surface area contributed by atoms with Crippen LogP contribution < -0.4 is 5.32 Å². The van der Waals surface area contributed by atoms with E-state index in [1.54, 1.807) is 30.3 Å². The van der Waals surface area contributed by atoms with Gasteiger partial charge in [-0.15, -0.1) is 0 Å². The van der Waals surface area contributed by atoms with Gasteiger partial charge in [0.15, 0.2) is 22.8 Å². The van der Waals surface area contributed by atoms with Gasteiger partial charge in [0.25, 0.3) is 5.91 Å². The van der Waals surface area contributed by atoms with Crippen LogP contribution in [0.2, 0.25) is 0 Å². The summed E-state index contributed by atoms with van der Waals surface area (Å²) in [7, 11) is -24.0. The van der Waals surface area contributed by atoms with Crippen LogP contribution in [0.4, 0.5) is 5.82 Å². The van der Waals surface area contributed by atoms with Gasteiger partial charge in [0, 0.05) is 25.3 Å².